The van der Waals surface area contributed by atoms with Crippen LogP contribution in [0.25, 0.3) is 0 Å². The highest BCUT2D eigenvalue weighted by Gasteiger charge is 2.17. The number of hydrogen-bond acceptors (Lipinski definition) is 4. The highest BCUT2D eigenvalue weighted by molar-refractivity contribution is 7.90. The zero-order valence-electron chi connectivity index (χ0n) is 10.4. The number of sulfone groups is 1. The summed E-state index contributed by atoms with van der Waals surface area (Å²) < 4.78 is 22.7. The molecule has 0 radical (unpaired) electrons. The van der Waals surface area contributed by atoms with E-state index in [1.54, 1.807) is 6.20 Å². The van der Waals surface area contributed by atoms with E-state index in [4.69, 9.17) is 0 Å². The number of aromatic nitrogens is 2. The summed E-state index contributed by atoms with van der Waals surface area (Å²) >= 11 is 0. The fourth-order valence-electron chi connectivity index (χ4n) is 1.47. The van der Waals surface area contributed by atoms with Gasteiger partial charge in [0.15, 0.2) is 0 Å². The van der Waals surface area contributed by atoms with Crippen LogP contribution >= 0.6 is 0 Å². The van der Waals surface area contributed by atoms with Crippen molar-refractivity contribution >= 4 is 9.84 Å². The molecule has 0 atom stereocenters. The predicted molar refractivity (Wildman–Crippen MR) is 63.3 cm³/mol. The van der Waals surface area contributed by atoms with E-state index in [1.165, 1.54) is 0 Å². The monoisotopic (exact) mass is 242 g/mol. The molecule has 0 aliphatic rings. The van der Waals surface area contributed by atoms with Crippen molar-refractivity contribution in [2.24, 2.45) is 0 Å². The van der Waals surface area contributed by atoms with E-state index in [-0.39, 0.29) is 11.1 Å². The minimum atomic E-state index is -3.32. The van der Waals surface area contributed by atoms with Gasteiger partial charge < -0.3 is 0 Å². The minimum absolute atomic E-state index is 0.0828. The third kappa shape index (κ3) is 2.78. The Bertz CT molecular complexity index is 479. The maximum atomic E-state index is 11.4. The Labute approximate surface area is 97.1 Å². The lowest BCUT2D eigenvalue weighted by molar-refractivity contribution is 0.588. The van der Waals surface area contributed by atoms with Gasteiger partial charge in [-0.25, -0.2) is 18.4 Å². The molecule has 0 N–H and O–H groups in total. The molecular weight excluding hydrogens is 224 g/mol. The average molecular weight is 242 g/mol. The van der Waals surface area contributed by atoms with E-state index in [2.05, 4.69) is 9.97 Å². The standard InChI is InChI=1S/C11H18N2O2S/c1-7(2)9-6-12-11(16(5,14)15)13-10(9)8(3)4/h6-8H,1-5H3. The molecule has 0 bridgehead atoms. The zero-order valence-corrected chi connectivity index (χ0v) is 11.2. The lowest BCUT2D eigenvalue weighted by Crippen LogP contribution is -2.10. The molecule has 1 rings (SSSR count). The van der Waals surface area contributed by atoms with E-state index in [1.807, 2.05) is 27.7 Å². The van der Waals surface area contributed by atoms with Crippen molar-refractivity contribution in [3.63, 3.8) is 0 Å². The highest BCUT2D eigenvalue weighted by Crippen LogP contribution is 2.24. The summed E-state index contributed by atoms with van der Waals surface area (Å²) in [6.07, 6.45) is 2.75. The Kier molecular flexibility index (Phi) is 3.68. The molecule has 0 unspecified atom stereocenters. The minimum Gasteiger partial charge on any atom is -0.227 e. The van der Waals surface area contributed by atoms with E-state index in [9.17, 15) is 8.42 Å². The number of rotatable bonds is 3. The van der Waals surface area contributed by atoms with Crippen molar-refractivity contribution in [3.8, 4) is 0 Å². The first-order valence-corrected chi connectivity index (χ1v) is 7.19. The third-order valence-corrected chi connectivity index (χ3v) is 3.19. The fourth-order valence-corrected chi connectivity index (χ4v) is 1.98. The van der Waals surface area contributed by atoms with Crippen molar-refractivity contribution in [2.75, 3.05) is 6.26 Å². The van der Waals surface area contributed by atoms with Gasteiger partial charge in [0.05, 0.1) is 5.69 Å². The van der Waals surface area contributed by atoms with Crippen LogP contribution < -0.4 is 0 Å². The molecule has 1 aromatic rings. The largest absolute Gasteiger partial charge is 0.247 e. The van der Waals surface area contributed by atoms with Crippen molar-refractivity contribution in [2.45, 2.75) is 44.7 Å². The lowest BCUT2D eigenvalue weighted by Gasteiger charge is -2.14. The fraction of sp³-hybridized carbons (Fsp3) is 0.636. The van der Waals surface area contributed by atoms with Crippen LogP contribution in [0, 0.1) is 0 Å². The molecule has 4 nitrogen and oxygen atoms in total. The van der Waals surface area contributed by atoms with Gasteiger partial charge in [0, 0.05) is 12.5 Å². The Hall–Kier alpha value is -0.970. The summed E-state index contributed by atoms with van der Waals surface area (Å²) in [5.41, 5.74) is 1.84. The van der Waals surface area contributed by atoms with Crippen LogP contribution in [0.1, 0.15) is 50.8 Å². The maximum absolute atomic E-state index is 11.4. The van der Waals surface area contributed by atoms with Gasteiger partial charge in [-0.05, 0) is 17.4 Å². The quantitative estimate of drug-likeness (QED) is 0.762. The van der Waals surface area contributed by atoms with Gasteiger partial charge in [0.2, 0.25) is 15.0 Å². The summed E-state index contributed by atoms with van der Waals surface area (Å²) in [6, 6.07) is 0. The molecule has 0 saturated carbocycles. The molecule has 0 spiro atoms. The molecule has 0 aliphatic heterocycles. The SMILES string of the molecule is CC(C)c1cnc(S(C)(=O)=O)nc1C(C)C. The van der Waals surface area contributed by atoms with Gasteiger partial charge in [0.1, 0.15) is 0 Å². The van der Waals surface area contributed by atoms with E-state index >= 15 is 0 Å². The highest BCUT2D eigenvalue weighted by atomic mass is 32.2. The second-order valence-electron chi connectivity index (χ2n) is 4.57. The first-order valence-electron chi connectivity index (χ1n) is 5.30. The van der Waals surface area contributed by atoms with Crippen LogP contribution in [0.4, 0.5) is 0 Å². The van der Waals surface area contributed by atoms with Crippen LogP contribution in [0.5, 0.6) is 0 Å². The maximum Gasteiger partial charge on any atom is 0.247 e. The molecule has 0 amide bonds. The predicted octanol–water partition coefficient (Wildman–Crippen LogP) is 2.13. The summed E-state index contributed by atoms with van der Waals surface area (Å²) in [7, 11) is -3.32. The number of nitrogens with zero attached hydrogens (tertiary/aromatic N) is 2. The summed E-state index contributed by atoms with van der Waals surface area (Å²) in [6.45, 7) is 8.09. The Morgan fingerprint density at radius 3 is 2.06 bits per heavy atom. The second kappa shape index (κ2) is 4.49. The van der Waals surface area contributed by atoms with Gasteiger partial charge >= 0.3 is 0 Å². The zero-order chi connectivity index (χ0) is 12.5. The summed E-state index contributed by atoms with van der Waals surface area (Å²) in [5, 5.41) is -0.0828. The van der Waals surface area contributed by atoms with Gasteiger partial charge in [-0.3, -0.25) is 0 Å². The van der Waals surface area contributed by atoms with Crippen LogP contribution in [0.15, 0.2) is 11.4 Å². The van der Waals surface area contributed by atoms with Gasteiger partial charge in [-0.1, -0.05) is 27.7 Å². The molecule has 1 heterocycles. The molecule has 0 saturated heterocycles. The summed E-state index contributed by atoms with van der Waals surface area (Å²) in [4.78, 5) is 8.08. The van der Waals surface area contributed by atoms with Crippen LogP contribution in [-0.4, -0.2) is 24.6 Å². The van der Waals surface area contributed by atoms with Gasteiger partial charge in [0.25, 0.3) is 0 Å². The van der Waals surface area contributed by atoms with Crippen LogP contribution in [0.3, 0.4) is 0 Å². The average Bonchev–Trinajstić information content (AvgIpc) is 2.15. The normalized spacial score (nSPS) is 12.4. The van der Waals surface area contributed by atoms with Crippen molar-refractivity contribution in [1.29, 1.82) is 0 Å². The molecule has 5 heteroatoms. The second-order valence-corrected chi connectivity index (χ2v) is 6.48. The molecule has 0 fully saturated rings. The Balaban J connectivity index is 3.40. The van der Waals surface area contributed by atoms with Crippen LogP contribution in [-0.2, 0) is 9.84 Å². The first kappa shape index (κ1) is 13.1. The van der Waals surface area contributed by atoms with E-state index < -0.39 is 9.84 Å². The van der Waals surface area contributed by atoms with Crippen molar-refractivity contribution < 1.29 is 8.42 Å². The molecule has 16 heavy (non-hydrogen) atoms. The third-order valence-electron chi connectivity index (χ3n) is 2.33. The molecule has 1 aromatic heterocycles. The van der Waals surface area contributed by atoms with Gasteiger partial charge in [-0.15, -0.1) is 0 Å². The lowest BCUT2D eigenvalue weighted by atomic mass is 9.97. The van der Waals surface area contributed by atoms with E-state index in [0.29, 0.717) is 5.92 Å². The van der Waals surface area contributed by atoms with Crippen molar-refractivity contribution in [3.05, 3.63) is 17.5 Å². The molecule has 0 aromatic carbocycles. The number of hydrogen-bond donors (Lipinski definition) is 0. The molecule has 0 aliphatic carbocycles. The Morgan fingerprint density at radius 1 is 1.12 bits per heavy atom. The van der Waals surface area contributed by atoms with Crippen LogP contribution in [0.2, 0.25) is 0 Å². The molecular formula is C11H18N2O2S. The summed E-state index contributed by atoms with van der Waals surface area (Å²) in [5.74, 6) is 0.493. The molecule has 90 valence electrons. The topological polar surface area (TPSA) is 59.9 Å². The Morgan fingerprint density at radius 2 is 1.69 bits per heavy atom. The van der Waals surface area contributed by atoms with E-state index in [0.717, 1.165) is 17.5 Å². The van der Waals surface area contributed by atoms with Gasteiger partial charge in [-0.2, -0.15) is 0 Å². The smallest absolute Gasteiger partial charge is 0.227 e. The first-order chi connectivity index (χ1) is 7.23. The van der Waals surface area contributed by atoms with Crippen molar-refractivity contribution in [1.82, 2.24) is 9.97 Å².